The molecule has 0 aromatic heterocycles. The first-order chi connectivity index (χ1) is 6.20. The lowest BCUT2D eigenvalue weighted by Crippen LogP contribution is -2.09. The molecule has 0 aliphatic heterocycles. The summed E-state index contributed by atoms with van der Waals surface area (Å²) >= 11 is 0. The summed E-state index contributed by atoms with van der Waals surface area (Å²) in [6.07, 6.45) is -0.312. The summed E-state index contributed by atoms with van der Waals surface area (Å²) in [5.41, 5.74) is 0. The highest BCUT2D eigenvalue weighted by Crippen LogP contribution is 1.85. The van der Waals surface area contributed by atoms with E-state index in [1.807, 2.05) is 0 Å². The minimum Gasteiger partial charge on any atom is -0.469 e. The van der Waals surface area contributed by atoms with Gasteiger partial charge in [0, 0.05) is 14.2 Å². The Bertz CT molecular complexity index is 108. The van der Waals surface area contributed by atoms with Crippen molar-refractivity contribution in [1.29, 1.82) is 0 Å². The van der Waals surface area contributed by atoms with Crippen LogP contribution in [0.15, 0.2) is 0 Å². The molecular weight excluding hydrogens is 180 g/mol. The van der Waals surface area contributed by atoms with E-state index < -0.39 is 11.9 Å². The second-order valence-corrected chi connectivity index (χ2v) is 1.33. The van der Waals surface area contributed by atoms with E-state index in [1.165, 1.54) is 14.2 Å². The Morgan fingerprint density at radius 3 is 1.31 bits per heavy atom. The standard InChI is InChI=1S/C5H8O4.2CH4O/c1-8-4(6)3-5(7)9-2;2*1-2/h3H2,1-2H3;2*2H,1H3. The molecule has 0 aromatic carbocycles. The highest BCUT2D eigenvalue weighted by Gasteiger charge is 2.07. The lowest BCUT2D eigenvalue weighted by Gasteiger charge is -1.95. The molecule has 6 heteroatoms. The number of carbonyl (C=O) groups excluding carboxylic acids is 2. The Morgan fingerprint density at radius 1 is 0.923 bits per heavy atom. The highest BCUT2D eigenvalue weighted by atomic mass is 16.5. The minimum absolute atomic E-state index is 0.312. The first kappa shape index (κ1) is 17.8. The van der Waals surface area contributed by atoms with Crippen LogP contribution in [0.1, 0.15) is 6.42 Å². The van der Waals surface area contributed by atoms with Crippen LogP contribution in [0.3, 0.4) is 0 Å². The average Bonchev–Trinajstić information content (AvgIpc) is 2.23. The molecule has 0 unspecified atom stereocenters. The number of rotatable bonds is 2. The van der Waals surface area contributed by atoms with Crippen LogP contribution in [0.25, 0.3) is 0 Å². The number of ether oxygens (including phenoxy) is 2. The molecule has 0 rings (SSSR count). The zero-order valence-electron chi connectivity index (χ0n) is 8.23. The van der Waals surface area contributed by atoms with E-state index in [2.05, 4.69) is 9.47 Å². The van der Waals surface area contributed by atoms with Crippen molar-refractivity contribution in [1.82, 2.24) is 0 Å². The largest absolute Gasteiger partial charge is 0.469 e. The SMILES string of the molecule is CO.CO.COC(=O)CC(=O)OC. The Morgan fingerprint density at radius 2 is 1.15 bits per heavy atom. The lowest BCUT2D eigenvalue weighted by atomic mass is 10.4. The summed E-state index contributed by atoms with van der Waals surface area (Å²) in [5.74, 6) is -1.16. The first-order valence-electron chi connectivity index (χ1n) is 3.23. The predicted octanol–water partition coefficient (Wildman–Crippen LogP) is -1.06. The first-order valence-corrected chi connectivity index (χ1v) is 3.23. The fraction of sp³-hybridized carbons (Fsp3) is 0.714. The topological polar surface area (TPSA) is 93.1 Å². The van der Waals surface area contributed by atoms with E-state index in [1.54, 1.807) is 0 Å². The van der Waals surface area contributed by atoms with Gasteiger partial charge < -0.3 is 19.7 Å². The van der Waals surface area contributed by atoms with Crippen molar-refractivity contribution in [2.24, 2.45) is 0 Å². The number of aliphatic hydroxyl groups is 2. The third kappa shape index (κ3) is 18.1. The van der Waals surface area contributed by atoms with Gasteiger partial charge in [-0.3, -0.25) is 9.59 Å². The summed E-state index contributed by atoms with van der Waals surface area (Å²) in [6, 6.07) is 0. The van der Waals surface area contributed by atoms with Gasteiger partial charge in [-0.1, -0.05) is 0 Å². The number of methoxy groups -OCH3 is 2. The van der Waals surface area contributed by atoms with Crippen LogP contribution in [-0.4, -0.2) is 50.6 Å². The van der Waals surface area contributed by atoms with Crippen molar-refractivity contribution in [2.45, 2.75) is 6.42 Å². The Kier molecular flexibility index (Phi) is 23.4. The zero-order valence-corrected chi connectivity index (χ0v) is 8.23. The average molecular weight is 196 g/mol. The number of carbonyl (C=O) groups is 2. The molecular formula is C7H16O6. The summed E-state index contributed by atoms with van der Waals surface area (Å²) in [7, 11) is 4.43. The second kappa shape index (κ2) is 17.1. The molecule has 0 heterocycles. The summed E-state index contributed by atoms with van der Waals surface area (Å²) in [5, 5.41) is 14.0. The third-order valence-electron chi connectivity index (χ3n) is 0.744. The summed E-state index contributed by atoms with van der Waals surface area (Å²) < 4.78 is 8.37. The van der Waals surface area contributed by atoms with E-state index in [9.17, 15) is 9.59 Å². The molecule has 0 radical (unpaired) electrons. The van der Waals surface area contributed by atoms with Crippen molar-refractivity contribution in [3.05, 3.63) is 0 Å². The van der Waals surface area contributed by atoms with E-state index in [-0.39, 0.29) is 6.42 Å². The van der Waals surface area contributed by atoms with Crippen molar-refractivity contribution in [2.75, 3.05) is 28.4 Å². The molecule has 0 amide bonds. The molecule has 0 aromatic rings. The van der Waals surface area contributed by atoms with Crippen LogP contribution in [0.5, 0.6) is 0 Å². The molecule has 80 valence electrons. The molecule has 0 fully saturated rings. The molecule has 13 heavy (non-hydrogen) atoms. The van der Waals surface area contributed by atoms with Gasteiger partial charge in [-0.25, -0.2) is 0 Å². The van der Waals surface area contributed by atoms with E-state index in [0.29, 0.717) is 0 Å². The third-order valence-corrected chi connectivity index (χ3v) is 0.744. The fourth-order valence-corrected chi connectivity index (χ4v) is 0.262. The van der Waals surface area contributed by atoms with Crippen molar-refractivity contribution < 1.29 is 29.3 Å². The van der Waals surface area contributed by atoms with Crippen LogP contribution in [-0.2, 0) is 19.1 Å². The fourth-order valence-electron chi connectivity index (χ4n) is 0.262. The van der Waals surface area contributed by atoms with E-state index in [0.717, 1.165) is 14.2 Å². The maximum absolute atomic E-state index is 10.3. The van der Waals surface area contributed by atoms with Gasteiger partial charge in [0.05, 0.1) is 14.2 Å². The Balaban J connectivity index is -0.000000218. The molecule has 0 aliphatic carbocycles. The van der Waals surface area contributed by atoms with Crippen LogP contribution < -0.4 is 0 Å². The summed E-state index contributed by atoms with van der Waals surface area (Å²) in [6.45, 7) is 0. The Hall–Kier alpha value is -1.14. The normalized spacial score (nSPS) is 6.62. The number of hydrogen-bond donors (Lipinski definition) is 2. The number of hydrogen-bond acceptors (Lipinski definition) is 6. The molecule has 2 N–H and O–H groups in total. The van der Waals surface area contributed by atoms with Gasteiger partial charge in [0.15, 0.2) is 0 Å². The molecule has 0 saturated heterocycles. The van der Waals surface area contributed by atoms with Gasteiger partial charge >= 0.3 is 11.9 Å². The number of esters is 2. The molecule has 0 saturated carbocycles. The van der Waals surface area contributed by atoms with E-state index >= 15 is 0 Å². The lowest BCUT2D eigenvalue weighted by molar-refractivity contribution is -0.151. The molecule has 0 bridgehead atoms. The monoisotopic (exact) mass is 196 g/mol. The van der Waals surface area contributed by atoms with Crippen LogP contribution in [0.2, 0.25) is 0 Å². The maximum Gasteiger partial charge on any atom is 0.316 e. The minimum atomic E-state index is -0.582. The van der Waals surface area contributed by atoms with Crippen molar-refractivity contribution >= 4 is 11.9 Å². The maximum atomic E-state index is 10.3. The van der Waals surface area contributed by atoms with Gasteiger partial charge in [-0.15, -0.1) is 0 Å². The van der Waals surface area contributed by atoms with Crippen LogP contribution >= 0.6 is 0 Å². The molecule has 0 spiro atoms. The van der Waals surface area contributed by atoms with Gasteiger partial charge in [0.1, 0.15) is 6.42 Å². The number of aliphatic hydroxyl groups excluding tert-OH is 2. The van der Waals surface area contributed by atoms with Crippen LogP contribution in [0.4, 0.5) is 0 Å². The van der Waals surface area contributed by atoms with Crippen molar-refractivity contribution in [3.63, 3.8) is 0 Å². The predicted molar refractivity (Wildman–Crippen MR) is 44.9 cm³/mol. The summed E-state index contributed by atoms with van der Waals surface area (Å²) in [4.78, 5) is 20.5. The van der Waals surface area contributed by atoms with Crippen molar-refractivity contribution in [3.8, 4) is 0 Å². The molecule has 0 atom stereocenters. The van der Waals surface area contributed by atoms with E-state index in [4.69, 9.17) is 10.2 Å². The smallest absolute Gasteiger partial charge is 0.316 e. The highest BCUT2D eigenvalue weighted by molar-refractivity contribution is 5.90. The molecule has 6 nitrogen and oxygen atoms in total. The van der Waals surface area contributed by atoms with Gasteiger partial charge in [-0.05, 0) is 0 Å². The van der Waals surface area contributed by atoms with Gasteiger partial charge in [0.25, 0.3) is 0 Å². The second-order valence-electron chi connectivity index (χ2n) is 1.33. The zero-order chi connectivity index (χ0) is 11.3. The van der Waals surface area contributed by atoms with Gasteiger partial charge in [-0.2, -0.15) is 0 Å². The quantitative estimate of drug-likeness (QED) is 0.432. The van der Waals surface area contributed by atoms with Gasteiger partial charge in [0.2, 0.25) is 0 Å². The Labute approximate surface area is 77.1 Å². The van der Waals surface area contributed by atoms with Crippen LogP contribution in [0, 0.1) is 0 Å². The molecule has 0 aliphatic rings.